The van der Waals surface area contributed by atoms with E-state index in [2.05, 4.69) is 5.32 Å². The highest BCUT2D eigenvalue weighted by Crippen LogP contribution is 2.48. The van der Waals surface area contributed by atoms with Crippen LogP contribution in [-0.2, 0) is 10.2 Å². The van der Waals surface area contributed by atoms with E-state index in [9.17, 15) is 4.79 Å². The van der Waals surface area contributed by atoms with Gasteiger partial charge < -0.3 is 10.4 Å². The summed E-state index contributed by atoms with van der Waals surface area (Å²) in [6, 6.07) is 9.98. The summed E-state index contributed by atoms with van der Waals surface area (Å²) in [4.78, 5) is 12.2. The van der Waals surface area contributed by atoms with Crippen LogP contribution in [0, 0.1) is 0 Å². The third-order valence-electron chi connectivity index (χ3n) is 3.45. The molecular formula is C14H19NO2. The molecule has 1 aromatic carbocycles. The molecule has 1 fully saturated rings. The molecule has 2 rings (SSSR count). The molecule has 0 bridgehead atoms. The van der Waals surface area contributed by atoms with Crippen LogP contribution in [0.15, 0.2) is 30.3 Å². The van der Waals surface area contributed by atoms with Crippen LogP contribution in [0.1, 0.15) is 31.7 Å². The number of nitrogens with one attached hydrogen (secondary N) is 1. The van der Waals surface area contributed by atoms with Crippen LogP contribution in [0.25, 0.3) is 0 Å². The van der Waals surface area contributed by atoms with Crippen molar-refractivity contribution >= 4 is 5.91 Å². The molecule has 0 aromatic heterocycles. The molecule has 1 aromatic rings. The molecule has 0 heterocycles. The van der Waals surface area contributed by atoms with Gasteiger partial charge in [-0.15, -0.1) is 0 Å². The zero-order valence-corrected chi connectivity index (χ0v) is 10.1. The Morgan fingerprint density at radius 2 is 2.06 bits per heavy atom. The number of benzene rings is 1. The molecule has 3 nitrogen and oxygen atoms in total. The normalized spacial score (nSPS) is 18.5. The first-order chi connectivity index (χ1) is 8.19. The summed E-state index contributed by atoms with van der Waals surface area (Å²) < 4.78 is 0. The second-order valence-electron chi connectivity index (χ2n) is 4.83. The molecule has 0 saturated heterocycles. The Balaban J connectivity index is 2.04. The standard InChI is InChI=1S/C14H19NO2/c1-11(7-10-16)15-13(17)14(8-9-14)12-5-3-2-4-6-12/h2-6,11,16H,7-10H2,1H3,(H,15,17). The van der Waals surface area contributed by atoms with Gasteiger partial charge in [-0.3, -0.25) is 4.79 Å². The highest BCUT2D eigenvalue weighted by Gasteiger charge is 2.51. The Morgan fingerprint density at radius 3 is 2.59 bits per heavy atom. The Labute approximate surface area is 102 Å². The third kappa shape index (κ3) is 2.50. The van der Waals surface area contributed by atoms with Crippen molar-refractivity contribution in [1.29, 1.82) is 0 Å². The van der Waals surface area contributed by atoms with Crippen molar-refractivity contribution in [2.24, 2.45) is 0 Å². The summed E-state index contributed by atoms with van der Waals surface area (Å²) in [6.45, 7) is 2.04. The van der Waals surface area contributed by atoms with Gasteiger partial charge in [-0.2, -0.15) is 0 Å². The van der Waals surface area contributed by atoms with E-state index >= 15 is 0 Å². The quantitative estimate of drug-likeness (QED) is 0.811. The molecule has 1 atom stereocenters. The number of carbonyl (C=O) groups is 1. The van der Waals surface area contributed by atoms with Crippen molar-refractivity contribution in [3.63, 3.8) is 0 Å². The molecule has 3 heteroatoms. The van der Waals surface area contributed by atoms with E-state index in [1.165, 1.54) is 0 Å². The Hall–Kier alpha value is -1.35. The molecular weight excluding hydrogens is 214 g/mol. The van der Waals surface area contributed by atoms with E-state index in [-0.39, 0.29) is 24.0 Å². The van der Waals surface area contributed by atoms with Gasteiger partial charge in [0.2, 0.25) is 5.91 Å². The molecule has 0 spiro atoms. The van der Waals surface area contributed by atoms with Crippen LogP contribution in [-0.4, -0.2) is 23.7 Å². The van der Waals surface area contributed by atoms with Crippen molar-refractivity contribution in [2.45, 2.75) is 37.6 Å². The maximum atomic E-state index is 12.2. The van der Waals surface area contributed by atoms with Gasteiger partial charge in [0.25, 0.3) is 0 Å². The fourth-order valence-corrected chi connectivity index (χ4v) is 2.16. The Bertz CT molecular complexity index is 384. The van der Waals surface area contributed by atoms with Gasteiger partial charge in [-0.05, 0) is 31.7 Å². The average Bonchev–Trinajstić information content (AvgIpc) is 3.11. The number of hydrogen-bond acceptors (Lipinski definition) is 2. The molecule has 1 aliphatic rings. The van der Waals surface area contributed by atoms with Crippen molar-refractivity contribution in [2.75, 3.05) is 6.61 Å². The maximum Gasteiger partial charge on any atom is 0.230 e. The molecule has 92 valence electrons. The number of hydrogen-bond donors (Lipinski definition) is 2. The maximum absolute atomic E-state index is 12.2. The lowest BCUT2D eigenvalue weighted by atomic mass is 9.94. The monoisotopic (exact) mass is 233 g/mol. The number of aliphatic hydroxyl groups is 1. The van der Waals surface area contributed by atoms with Crippen LogP contribution in [0.4, 0.5) is 0 Å². The van der Waals surface area contributed by atoms with Crippen LogP contribution in [0.3, 0.4) is 0 Å². The zero-order chi connectivity index (χ0) is 12.3. The minimum Gasteiger partial charge on any atom is -0.396 e. The first-order valence-electron chi connectivity index (χ1n) is 6.16. The third-order valence-corrected chi connectivity index (χ3v) is 3.45. The average molecular weight is 233 g/mol. The number of rotatable bonds is 5. The van der Waals surface area contributed by atoms with E-state index in [1.54, 1.807) is 0 Å². The lowest BCUT2D eigenvalue weighted by Crippen LogP contribution is -2.40. The largest absolute Gasteiger partial charge is 0.396 e. The van der Waals surface area contributed by atoms with E-state index < -0.39 is 0 Å². The van der Waals surface area contributed by atoms with Crippen LogP contribution in [0.2, 0.25) is 0 Å². The summed E-state index contributed by atoms with van der Waals surface area (Å²) in [7, 11) is 0. The van der Waals surface area contributed by atoms with Crippen LogP contribution in [0.5, 0.6) is 0 Å². The second kappa shape index (κ2) is 4.88. The summed E-state index contributed by atoms with van der Waals surface area (Å²) in [6.07, 6.45) is 2.46. The molecule has 17 heavy (non-hydrogen) atoms. The zero-order valence-electron chi connectivity index (χ0n) is 10.1. The molecule has 1 aliphatic carbocycles. The summed E-state index contributed by atoms with van der Waals surface area (Å²) >= 11 is 0. The van der Waals surface area contributed by atoms with E-state index in [4.69, 9.17) is 5.11 Å². The summed E-state index contributed by atoms with van der Waals surface area (Å²) in [5.74, 6) is 0.102. The topological polar surface area (TPSA) is 49.3 Å². The smallest absolute Gasteiger partial charge is 0.230 e. The lowest BCUT2D eigenvalue weighted by Gasteiger charge is -2.19. The van der Waals surface area contributed by atoms with Gasteiger partial charge in [-0.25, -0.2) is 0 Å². The Kier molecular flexibility index (Phi) is 3.48. The van der Waals surface area contributed by atoms with Crippen molar-refractivity contribution in [1.82, 2.24) is 5.32 Å². The van der Waals surface area contributed by atoms with Crippen LogP contribution < -0.4 is 5.32 Å². The number of aliphatic hydroxyl groups excluding tert-OH is 1. The van der Waals surface area contributed by atoms with Gasteiger partial charge >= 0.3 is 0 Å². The predicted molar refractivity (Wildman–Crippen MR) is 66.7 cm³/mol. The van der Waals surface area contributed by atoms with E-state index in [0.29, 0.717) is 6.42 Å². The Morgan fingerprint density at radius 1 is 1.41 bits per heavy atom. The second-order valence-corrected chi connectivity index (χ2v) is 4.83. The van der Waals surface area contributed by atoms with Gasteiger partial charge in [0.15, 0.2) is 0 Å². The molecule has 0 radical (unpaired) electrons. The SMILES string of the molecule is CC(CCO)NC(=O)C1(c2ccccc2)CC1. The molecule has 1 saturated carbocycles. The number of carbonyl (C=O) groups excluding carboxylic acids is 1. The van der Waals surface area contributed by atoms with E-state index in [1.807, 2.05) is 37.3 Å². The molecule has 0 aliphatic heterocycles. The highest BCUT2D eigenvalue weighted by molar-refractivity contribution is 5.91. The van der Waals surface area contributed by atoms with Gasteiger partial charge in [0.1, 0.15) is 0 Å². The van der Waals surface area contributed by atoms with Crippen molar-refractivity contribution in [3.05, 3.63) is 35.9 Å². The number of amides is 1. The summed E-state index contributed by atoms with van der Waals surface area (Å²) in [5, 5.41) is 11.8. The fourth-order valence-electron chi connectivity index (χ4n) is 2.16. The van der Waals surface area contributed by atoms with Crippen LogP contribution >= 0.6 is 0 Å². The lowest BCUT2D eigenvalue weighted by molar-refractivity contribution is -0.124. The van der Waals surface area contributed by atoms with Gasteiger partial charge in [-0.1, -0.05) is 30.3 Å². The van der Waals surface area contributed by atoms with Gasteiger partial charge in [0, 0.05) is 12.6 Å². The van der Waals surface area contributed by atoms with Gasteiger partial charge in [0.05, 0.1) is 5.41 Å². The minimum absolute atomic E-state index is 0.0358. The molecule has 1 unspecified atom stereocenters. The van der Waals surface area contributed by atoms with Crippen molar-refractivity contribution in [3.8, 4) is 0 Å². The van der Waals surface area contributed by atoms with Crippen molar-refractivity contribution < 1.29 is 9.90 Å². The van der Waals surface area contributed by atoms with E-state index in [0.717, 1.165) is 18.4 Å². The first kappa shape index (κ1) is 12.1. The fraction of sp³-hybridized carbons (Fsp3) is 0.500. The molecule has 2 N–H and O–H groups in total. The first-order valence-corrected chi connectivity index (χ1v) is 6.16. The highest BCUT2D eigenvalue weighted by atomic mass is 16.3. The summed E-state index contributed by atoms with van der Waals surface area (Å²) in [5.41, 5.74) is 0.805. The molecule has 1 amide bonds. The predicted octanol–water partition coefficient (Wildman–Crippen LogP) is 1.61. The minimum atomic E-state index is -0.301.